The number of rotatable bonds is 2. The number of nitrogens with one attached hydrogen (secondary N) is 1. The molecule has 1 aliphatic heterocycles. The van der Waals surface area contributed by atoms with Gasteiger partial charge in [-0.3, -0.25) is 0 Å². The second kappa shape index (κ2) is 7.49. The molecule has 1 aromatic rings. The second-order valence-electron chi connectivity index (χ2n) is 4.75. The van der Waals surface area contributed by atoms with Crippen LogP contribution in [0.5, 0.6) is 0 Å². The SMILES string of the molecule is CN(C)c1ccc(C2CCCN2)cc1.O=C(O)C(=O)O. The molecule has 1 unspecified atom stereocenters. The predicted octanol–water partition coefficient (Wildman–Crippen LogP) is 1.33. The normalized spacial score (nSPS) is 17.0. The third-order valence-corrected chi connectivity index (χ3v) is 3.06. The van der Waals surface area contributed by atoms with E-state index in [0.29, 0.717) is 6.04 Å². The highest BCUT2D eigenvalue weighted by Crippen LogP contribution is 2.24. The largest absolute Gasteiger partial charge is 0.473 e. The Morgan fingerprint density at radius 3 is 2.05 bits per heavy atom. The third-order valence-electron chi connectivity index (χ3n) is 3.06. The van der Waals surface area contributed by atoms with Crippen molar-refractivity contribution < 1.29 is 19.8 Å². The van der Waals surface area contributed by atoms with Gasteiger partial charge in [0.15, 0.2) is 0 Å². The molecule has 1 saturated heterocycles. The van der Waals surface area contributed by atoms with Gasteiger partial charge in [-0.1, -0.05) is 12.1 Å². The van der Waals surface area contributed by atoms with Crippen LogP contribution in [0, 0.1) is 0 Å². The second-order valence-corrected chi connectivity index (χ2v) is 4.75. The Morgan fingerprint density at radius 1 is 1.15 bits per heavy atom. The number of benzene rings is 1. The third kappa shape index (κ3) is 4.89. The minimum atomic E-state index is -1.82. The number of nitrogens with zero attached hydrogens (tertiary/aromatic N) is 1. The van der Waals surface area contributed by atoms with E-state index in [9.17, 15) is 0 Å². The van der Waals surface area contributed by atoms with Gasteiger partial charge >= 0.3 is 11.9 Å². The van der Waals surface area contributed by atoms with Gasteiger partial charge in [0.2, 0.25) is 0 Å². The van der Waals surface area contributed by atoms with Crippen molar-refractivity contribution in [1.82, 2.24) is 5.32 Å². The maximum atomic E-state index is 9.10. The fourth-order valence-electron chi connectivity index (χ4n) is 1.97. The first-order chi connectivity index (χ1) is 9.41. The zero-order chi connectivity index (χ0) is 15.1. The number of hydrogen-bond acceptors (Lipinski definition) is 4. The van der Waals surface area contributed by atoms with E-state index in [1.165, 1.54) is 30.6 Å². The number of carboxylic acid groups (broad SMARTS) is 2. The zero-order valence-electron chi connectivity index (χ0n) is 11.7. The van der Waals surface area contributed by atoms with Gasteiger partial charge in [-0.15, -0.1) is 0 Å². The molecule has 0 amide bonds. The molecule has 1 aliphatic rings. The lowest BCUT2D eigenvalue weighted by Gasteiger charge is -2.15. The molecular formula is C14H20N2O4. The lowest BCUT2D eigenvalue weighted by atomic mass is 10.1. The van der Waals surface area contributed by atoms with E-state index in [0.717, 1.165) is 0 Å². The molecule has 0 saturated carbocycles. The molecule has 3 N–H and O–H groups in total. The topological polar surface area (TPSA) is 89.9 Å². The minimum Gasteiger partial charge on any atom is -0.473 e. The predicted molar refractivity (Wildman–Crippen MR) is 76.0 cm³/mol. The van der Waals surface area contributed by atoms with E-state index in [1.54, 1.807) is 0 Å². The summed E-state index contributed by atoms with van der Waals surface area (Å²) in [5.41, 5.74) is 2.69. The van der Waals surface area contributed by atoms with Gasteiger partial charge < -0.3 is 20.4 Å². The summed E-state index contributed by atoms with van der Waals surface area (Å²) < 4.78 is 0. The van der Waals surface area contributed by atoms with Crippen molar-refractivity contribution in [3.8, 4) is 0 Å². The van der Waals surface area contributed by atoms with Gasteiger partial charge in [0.05, 0.1) is 0 Å². The van der Waals surface area contributed by atoms with E-state index < -0.39 is 11.9 Å². The number of anilines is 1. The number of carbonyl (C=O) groups is 2. The molecule has 0 spiro atoms. The monoisotopic (exact) mass is 280 g/mol. The quantitative estimate of drug-likeness (QED) is 0.708. The van der Waals surface area contributed by atoms with E-state index in [1.807, 2.05) is 0 Å². The Hall–Kier alpha value is -2.08. The molecular weight excluding hydrogens is 260 g/mol. The van der Waals surface area contributed by atoms with E-state index in [2.05, 4.69) is 48.6 Å². The summed E-state index contributed by atoms with van der Waals surface area (Å²) in [6.07, 6.45) is 2.58. The molecule has 2 rings (SSSR count). The highest BCUT2D eigenvalue weighted by atomic mass is 16.4. The molecule has 6 nitrogen and oxygen atoms in total. The van der Waals surface area contributed by atoms with Crippen LogP contribution >= 0.6 is 0 Å². The van der Waals surface area contributed by atoms with Crippen molar-refractivity contribution in [3.63, 3.8) is 0 Å². The van der Waals surface area contributed by atoms with Crippen LogP contribution in [0.2, 0.25) is 0 Å². The van der Waals surface area contributed by atoms with Gasteiger partial charge in [-0.25, -0.2) is 9.59 Å². The van der Waals surface area contributed by atoms with Gasteiger partial charge in [-0.2, -0.15) is 0 Å². The number of hydrogen-bond donors (Lipinski definition) is 3. The molecule has 1 atom stereocenters. The molecule has 20 heavy (non-hydrogen) atoms. The Bertz CT molecular complexity index is 439. The zero-order valence-corrected chi connectivity index (χ0v) is 11.7. The molecule has 0 aliphatic carbocycles. The van der Waals surface area contributed by atoms with Crippen molar-refractivity contribution in [2.24, 2.45) is 0 Å². The first kappa shape index (κ1) is 16.0. The van der Waals surface area contributed by atoms with Crippen molar-refractivity contribution in [2.45, 2.75) is 18.9 Å². The fraction of sp³-hybridized carbons (Fsp3) is 0.429. The lowest BCUT2D eigenvalue weighted by molar-refractivity contribution is -0.159. The average molecular weight is 280 g/mol. The van der Waals surface area contributed by atoms with Crippen molar-refractivity contribution in [3.05, 3.63) is 29.8 Å². The van der Waals surface area contributed by atoms with Crippen LogP contribution in [-0.2, 0) is 9.59 Å². The van der Waals surface area contributed by atoms with Crippen LogP contribution in [-0.4, -0.2) is 42.8 Å². The molecule has 0 aromatic heterocycles. The smallest absolute Gasteiger partial charge is 0.414 e. The molecule has 0 radical (unpaired) electrons. The fourth-order valence-corrected chi connectivity index (χ4v) is 1.97. The van der Waals surface area contributed by atoms with E-state index >= 15 is 0 Å². The van der Waals surface area contributed by atoms with Crippen LogP contribution in [0.15, 0.2) is 24.3 Å². The molecule has 6 heteroatoms. The molecule has 1 fully saturated rings. The van der Waals surface area contributed by atoms with Crippen LogP contribution in [0.25, 0.3) is 0 Å². The summed E-state index contributed by atoms with van der Waals surface area (Å²) in [5.74, 6) is -3.65. The Morgan fingerprint density at radius 2 is 1.70 bits per heavy atom. The average Bonchev–Trinajstić information content (AvgIpc) is 2.93. The first-order valence-corrected chi connectivity index (χ1v) is 6.38. The van der Waals surface area contributed by atoms with Crippen molar-refractivity contribution >= 4 is 17.6 Å². The summed E-state index contributed by atoms with van der Waals surface area (Å²) in [6.45, 7) is 1.17. The van der Waals surface area contributed by atoms with Gasteiger partial charge in [-0.05, 0) is 37.1 Å². The van der Waals surface area contributed by atoms with Gasteiger partial charge in [0.25, 0.3) is 0 Å². The summed E-state index contributed by atoms with van der Waals surface area (Å²) in [6, 6.07) is 9.44. The van der Waals surface area contributed by atoms with Crippen molar-refractivity contribution in [2.75, 3.05) is 25.5 Å². The Labute approximate surface area is 118 Å². The Balaban J connectivity index is 0.000000286. The number of carboxylic acids is 2. The highest BCUT2D eigenvalue weighted by Gasteiger charge is 2.15. The standard InChI is InChI=1S/C12H18N2.C2H2O4/c1-14(2)11-7-5-10(6-8-11)12-4-3-9-13-12;3-1(4)2(5)6/h5-8,12-13H,3-4,9H2,1-2H3;(H,3,4)(H,5,6). The van der Waals surface area contributed by atoms with Gasteiger partial charge in [0, 0.05) is 25.8 Å². The van der Waals surface area contributed by atoms with Crippen LogP contribution in [0.4, 0.5) is 5.69 Å². The number of aliphatic carboxylic acids is 2. The molecule has 0 bridgehead atoms. The Kier molecular flexibility index (Phi) is 5.99. The lowest BCUT2D eigenvalue weighted by Crippen LogP contribution is -2.13. The summed E-state index contributed by atoms with van der Waals surface area (Å²) in [4.78, 5) is 20.3. The summed E-state index contributed by atoms with van der Waals surface area (Å²) in [5, 5.41) is 18.3. The highest BCUT2D eigenvalue weighted by molar-refractivity contribution is 6.27. The first-order valence-electron chi connectivity index (χ1n) is 6.38. The maximum Gasteiger partial charge on any atom is 0.414 e. The van der Waals surface area contributed by atoms with E-state index in [4.69, 9.17) is 19.8 Å². The van der Waals surface area contributed by atoms with Crippen molar-refractivity contribution in [1.29, 1.82) is 0 Å². The minimum absolute atomic E-state index is 0.589. The van der Waals surface area contributed by atoms with Crippen LogP contribution in [0.3, 0.4) is 0 Å². The molecule has 110 valence electrons. The molecule has 1 heterocycles. The maximum absolute atomic E-state index is 9.10. The summed E-state index contributed by atoms with van der Waals surface area (Å²) >= 11 is 0. The van der Waals surface area contributed by atoms with Crippen LogP contribution < -0.4 is 10.2 Å². The van der Waals surface area contributed by atoms with E-state index in [-0.39, 0.29) is 0 Å². The van der Waals surface area contributed by atoms with Gasteiger partial charge in [0.1, 0.15) is 0 Å². The van der Waals surface area contributed by atoms with Crippen LogP contribution in [0.1, 0.15) is 24.4 Å². The summed E-state index contributed by atoms with van der Waals surface area (Å²) in [7, 11) is 4.14. The molecule has 1 aromatic carbocycles.